The third kappa shape index (κ3) is 2.14. The van der Waals surface area contributed by atoms with Crippen LogP contribution < -0.4 is 0 Å². The molecule has 0 saturated carbocycles. The smallest absolute Gasteiger partial charge is 0.196 e. The van der Waals surface area contributed by atoms with E-state index in [1.807, 2.05) is 0 Å². The summed E-state index contributed by atoms with van der Waals surface area (Å²) in [7, 11) is 0. The molecule has 3 aromatic rings. The van der Waals surface area contributed by atoms with Crippen LogP contribution in [0.4, 0.5) is 4.39 Å². The second kappa shape index (κ2) is 5.15. The topological polar surface area (TPSA) is 56.6 Å². The molecular formula is C16H8BrFN2O. The van der Waals surface area contributed by atoms with Gasteiger partial charge in [-0.2, -0.15) is 5.26 Å². The summed E-state index contributed by atoms with van der Waals surface area (Å²) >= 11 is 3.09. The second-order valence-electron chi connectivity index (χ2n) is 4.47. The molecule has 0 radical (unpaired) electrons. The lowest BCUT2D eigenvalue weighted by molar-refractivity contribution is 0.103. The van der Waals surface area contributed by atoms with Crippen LogP contribution in [0.25, 0.3) is 10.9 Å². The first-order valence-electron chi connectivity index (χ1n) is 6.12. The van der Waals surface area contributed by atoms with Crippen LogP contribution in [0.15, 0.2) is 47.1 Å². The fourth-order valence-corrected chi connectivity index (χ4v) is 2.73. The fraction of sp³-hybridized carbons (Fsp3) is 0. The van der Waals surface area contributed by atoms with Gasteiger partial charge in [0, 0.05) is 28.2 Å². The van der Waals surface area contributed by atoms with Gasteiger partial charge >= 0.3 is 0 Å². The maximum Gasteiger partial charge on any atom is 0.196 e. The third-order valence-electron chi connectivity index (χ3n) is 3.27. The van der Waals surface area contributed by atoms with E-state index < -0.39 is 5.82 Å². The van der Waals surface area contributed by atoms with Crippen molar-refractivity contribution in [3.05, 3.63) is 69.6 Å². The van der Waals surface area contributed by atoms with Crippen molar-refractivity contribution in [3.63, 3.8) is 0 Å². The van der Waals surface area contributed by atoms with E-state index in [1.165, 1.54) is 12.1 Å². The van der Waals surface area contributed by atoms with Gasteiger partial charge in [0.1, 0.15) is 5.82 Å². The van der Waals surface area contributed by atoms with E-state index in [2.05, 4.69) is 27.0 Å². The summed E-state index contributed by atoms with van der Waals surface area (Å²) in [5, 5.41) is 9.74. The first-order chi connectivity index (χ1) is 10.1. The van der Waals surface area contributed by atoms with Crippen LogP contribution in [-0.4, -0.2) is 10.8 Å². The van der Waals surface area contributed by atoms with Gasteiger partial charge in [0.05, 0.1) is 16.1 Å². The zero-order valence-electron chi connectivity index (χ0n) is 10.7. The Kier molecular flexibility index (Phi) is 3.32. The van der Waals surface area contributed by atoms with E-state index in [-0.39, 0.29) is 15.8 Å². The van der Waals surface area contributed by atoms with Crippen LogP contribution >= 0.6 is 15.9 Å². The number of nitrogens with zero attached hydrogens (tertiary/aromatic N) is 1. The fourth-order valence-electron chi connectivity index (χ4n) is 2.28. The number of benzene rings is 2. The van der Waals surface area contributed by atoms with Crippen molar-refractivity contribution in [2.24, 2.45) is 0 Å². The molecule has 1 heterocycles. The average molecular weight is 343 g/mol. The number of ketones is 1. The highest BCUT2D eigenvalue weighted by molar-refractivity contribution is 9.10. The molecule has 3 nitrogen and oxygen atoms in total. The highest BCUT2D eigenvalue weighted by Gasteiger charge is 2.19. The van der Waals surface area contributed by atoms with E-state index in [0.29, 0.717) is 22.0 Å². The number of aromatic nitrogens is 1. The van der Waals surface area contributed by atoms with E-state index in [1.54, 1.807) is 30.5 Å². The Hall–Kier alpha value is -2.45. The number of hydrogen-bond donors (Lipinski definition) is 1. The van der Waals surface area contributed by atoms with Crippen LogP contribution in [0.5, 0.6) is 0 Å². The summed E-state index contributed by atoms with van der Waals surface area (Å²) in [6, 6.07) is 11.5. The number of rotatable bonds is 2. The van der Waals surface area contributed by atoms with Crippen molar-refractivity contribution < 1.29 is 9.18 Å². The monoisotopic (exact) mass is 342 g/mol. The molecule has 0 amide bonds. The Labute approximate surface area is 128 Å². The molecule has 102 valence electrons. The molecule has 0 fully saturated rings. The Morgan fingerprint density at radius 1 is 1.19 bits per heavy atom. The van der Waals surface area contributed by atoms with Crippen LogP contribution in [0.2, 0.25) is 0 Å². The summed E-state index contributed by atoms with van der Waals surface area (Å²) in [6.07, 6.45) is 1.55. The van der Waals surface area contributed by atoms with Crippen LogP contribution in [-0.2, 0) is 0 Å². The van der Waals surface area contributed by atoms with Crippen molar-refractivity contribution in [2.45, 2.75) is 0 Å². The number of nitrogens with one attached hydrogen (secondary N) is 1. The van der Waals surface area contributed by atoms with Gasteiger partial charge in [-0.15, -0.1) is 0 Å². The molecule has 3 rings (SSSR count). The lowest BCUT2D eigenvalue weighted by Crippen LogP contribution is -2.03. The molecule has 21 heavy (non-hydrogen) atoms. The molecule has 1 aromatic heterocycles. The highest BCUT2D eigenvalue weighted by atomic mass is 79.9. The molecule has 0 aliphatic carbocycles. The number of carbonyl (C=O) groups is 1. The van der Waals surface area contributed by atoms with Gasteiger partial charge < -0.3 is 4.98 Å². The summed E-state index contributed by atoms with van der Waals surface area (Å²) in [6.45, 7) is 0. The van der Waals surface area contributed by atoms with Crippen molar-refractivity contribution >= 4 is 32.6 Å². The van der Waals surface area contributed by atoms with Crippen molar-refractivity contribution in [1.82, 2.24) is 4.98 Å². The van der Waals surface area contributed by atoms with Gasteiger partial charge in [0.2, 0.25) is 0 Å². The second-order valence-corrected chi connectivity index (χ2v) is 5.27. The molecule has 1 N–H and O–H groups in total. The molecule has 0 spiro atoms. The molecular weight excluding hydrogens is 335 g/mol. The molecule has 0 atom stereocenters. The quantitative estimate of drug-likeness (QED) is 0.710. The summed E-state index contributed by atoms with van der Waals surface area (Å²) < 4.78 is 13.7. The van der Waals surface area contributed by atoms with Crippen molar-refractivity contribution in [2.75, 3.05) is 0 Å². The van der Waals surface area contributed by atoms with Crippen molar-refractivity contribution in [1.29, 1.82) is 5.26 Å². The van der Waals surface area contributed by atoms with Gasteiger partial charge in [-0.25, -0.2) is 4.39 Å². The van der Waals surface area contributed by atoms with Gasteiger partial charge in [-0.1, -0.05) is 12.1 Å². The number of hydrogen-bond acceptors (Lipinski definition) is 2. The standard InChI is InChI=1S/C16H8BrFN2O/c17-15-10(4-2-5-12(15)18)16(21)11-8-20-13-6-1-3-9(7-19)14(11)13/h1-6,8,20H. The molecule has 0 aliphatic rings. The molecule has 0 saturated heterocycles. The lowest BCUT2D eigenvalue weighted by Gasteiger charge is -2.04. The van der Waals surface area contributed by atoms with E-state index >= 15 is 0 Å². The zero-order chi connectivity index (χ0) is 15.0. The van der Waals surface area contributed by atoms with Crippen molar-refractivity contribution in [3.8, 4) is 6.07 Å². The molecule has 0 aliphatic heterocycles. The van der Waals surface area contributed by atoms with E-state index in [9.17, 15) is 14.4 Å². The van der Waals surface area contributed by atoms with Gasteiger partial charge in [0.15, 0.2) is 5.78 Å². The lowest BCUT2D eigenvalue weighted by atomic mass is 10.00. The minimum absolute atomic E-state index is 0.124. The van der Waals surface area contributed by atoms with Gasteiger partial charge in [0.25, 0.3) is 0 Å². The number of nitriles is 1. The summed E-state index contributed by atoms with van der Waals surface area (Å²) in [4.78, 5) is 15.6. The number of aromatic amines is 1. The minimum atomic E-state index is -0.499. The Morgan fingerprint density at radius 3 is 2.71 bits per heavy atom. The maximum absolute atomic E-state index is 13.6. The van der Waals surface area contributed by atoms with E-state index in [4.69, 9.17) is 0 Å². The average Bonchev–Trinajstić information content (AvgIpc) is 2.93. The minimum Gasteiger partial charge on any atom is -0.360 e. The summed E-state index contributed by atoms with van der Waals surface area (Å²) in [5.41, 5.74) is 1.69. The molecule has 2 aromatic carbocycles. The normalized spacial score (nSPS) is 10.5. The molecule has 5 heteroatoms. The number of halogens is 2. The Bertz CT molecular complexity index is 908. The maximum atomic E-state index is 13.6. The number of fused-ring (bicyclic) bond motifs is 1. The zero-order valence-corrected chi connectivity index (χ0v) is 12.2. The number of carbonyl (C=O) groups excluding carboxylic acids is 1. The predicted octanol–water partition coefficient (Wildman–Crippen LogP) is 4.17. The number of H-pyrrole nitrogens is 1. The molecule has 0 unspecified atom stereocenters. The predicted molar refractivity (Wildman–Crippen MR) is 80.5 cm³/mol. The first kappa shape index (κ1) is 13.5. The molecule has 0 bridgehead atoms. The summed E-state index contributed by atoms with van der Waals surface area (Å²) in [5.74, 6) is -0.837. The highest BCUT2D eigenvalue weighted by Crippen LogP contribution is 2.28. The van der Waals surface area contributed by atoms with E-state index in [0.717, 1.165) is 0 Å². The van der Waals surface area contributed by atoms with Crippen LogP contribution in [0, 0.1) is 17.1 Å². The Balaban J connectivity index is 2.24. The first-order valence-corrected chi connectivity index (χ1v) is 6.91. The van der Waals surface area contributed by atoms with Crippen LogP contribution in [0.3, 0.4) is 0 Å². The third-order valence-corrected chi connectivity index (χ3v) is 4.07. The largest absolute Gasteiger partial charge is 0.360 e. The Morgan fingerprint density at radius 2 is 1.95 bits per heavy atom. The van der Waals surface area contributed by atoms with Crippen LogP contribution in [0.1, 0.15) is 21.5 Å². The SMILES string of the molecule is N#Cc1cccc2[nH]cc(C(=O)c3cccc(F)c3Br)c12. The van der Waals surface area contributed by atoms with Gasteiger partial charge in [-0.3, -0.25) is 4.79 Å². The van der Waals surface area contributed by atoms with Gasteiger partial charge in [-0.05, 0) is 40.2 Å².